The summed E-state index contributed by atoms with van der Waals surface area (Å²) in [5, 5.41) is 8.11. The fourth-order valence-electron chi connectivity index (χ4n) is 0.730. The average Bonchev–Trinajstić information content (AvgIpc) is 2.13. The minimum atomic E-state index is -1.87. The van der Waals surface area contributed by atoms with Gasteiger partial charge in [0.25, 0.3) is 0 Å². The summed E-state index contributed by atoms with van der Waals surface area (Å²) in [4.78, 5) is 0. The van der Waals surface area contributed by atoms with Gasteiger partial charge in [-0.3, -0.25) is 5.73 Å². The molecule has 6 heteroatoms. The van der Waals surface area contributed by atoms with Crippen LogP contribution in [0.4, 0.5) is 23.2 Å². The molecule has 0 saturated heterocycles. The maximum atomic E-state index is 12.6. The van der Waals surface area contributed by atoms with Gasteiger partial charge in [-0.1, -0.05) is 0 Å². The maximum Gasteiger partial charge on any atom is 0.188 e. The van der Waals surface area contributed by atoms with Gasteiger partial charge < -0.3 is 0 Å². The van der Waals surface area contributed by atoms with Crippen molar-refractivity contribution in [3.63, 3.8) is 0 Å². The minimum Gasteiger partial charge on any atom is -0.295 e. The molecule has 1 rings (SSSR count). The van der Waals surface area contributed by atoms with E-state index in [1.54, 1.807) is 0 Å². The highest BCUT2D eigenvalue weighted by Crippen LogP contribution is 2.25. The summed E-state index contributed by atoms with van der Waals surface area (Å²) in [5.74, 6) is -7.41. The molecular formula is C7HF4N2. The first kappa shape index (κ1) is 9.32. The SMILES string of the molecule is N#Cc1c(F)c(F)c([NH])c(F)c1F. The minimum absolute atomic E-state index is 0.959. The number of hydrogen-bond acceptors (Lipinski definition) is 1. The summed E-state index contributed by atoms with van der Waals surface area (Å²) >= 11 is 0. The predicted molar refractivity (Wildman–Crippen MR) is 33.7 cm³/mol. The summed E-state index contributed by atoms with van der Waals surface area (Å²) in [5.41, 5.74) is 3.68. The number of rotatable bonds is 0. The van der Waals surface area contributed by atoms with E-state index in [4.69, 9.17) is 11.0 Å². The lowest BCUT2D eigenvalue weighted by Gasteiger charge is -2.02. The second-order valence-electron chi connectivity index (χ2n) is 2.12. The lowest BCUT2D eigenvalue weighted by molar-refractivity contribution is 0.453. The Morgan fingerprint density at radius 1 is 0.923 bits per heavy atom. The molecule has 0 saturated carbocycles. The van der Waals surface area contributed by atoms with Gasteiger partial charge in [-0.2, -0.15) is 5.26 Å². The van der Waals surface area contributed by atoms with E-state index in [9.17, 15) is 17.6 Å². The van der Waals surface area contributed by atoms with Crippen molar-refractivity contribution in [1.82, 2.24) is 5.73 Å². The fourth-order valence-corrected chi connectivity index (χ4v) is 0.730. The van der Waals surface area contributed by atoms with Gasteiger partial charge in [0, 0.05) is 0 Å². The van der Waals surface area contributed by atoms with Crippen molar-refractivity contribution in [2.45, 2.75) is 0 Å². The van der Waals surface area contributed by atoms with E-state index in [0.717, 1.165) is 6.07 Å². The molecule has 0 amide bonds. The summed E-state index contributed by atoms with van der Waals surface area (Å²) in [6.45, 7) is 0. The van der Waals surface area contributed by atoms with Crippen LogP contribution in [0.3, 0.4) is 0 Å². The number of benzene rings is 1. The molecule has 0 aliphatic heterocycles. The van der Waals surface area contributed by atoms with Crippen molar-refractivity contribution < 1.29 is 17.6 Å². The van der Waals surface area contributed by atoms with E-state index in [0.29, 0.717) is 0 Å². The number of nitriles is 1. The molecule has 0 aliphatic carbocycles. The second kappa shape index (κ2) is 2.94. The Balaban J connectivity index is 3.69. The third-order valence-electron chi connectivity index (χ3n) is 1.38. The van der Waals surface area contributed by atoms with Crippen LogP contribution >= 0.6 is 0 Å². The summed E-state index contributed by atoms with van der Waals surface area (Å²) < 4.78 is 50.2. The van der Waals surface area contributed by atoms with Crippen molar-refractivity contribution in [3.8, 4) is 6.07 Å². The Morgan fingerprint density at radius 2 is 1.31 bits per heavy atom. The molecule has 0 aromatic heterocycles. The van der Waals surface area contributed by atoms with Gasteiger partial charge in [0.1, 0.15) is 17.3 Å². The van der Waals surface area contributed by atoms with Crippen molar-refractivity contribution in [3.05, 3.63) is 28.8 Å². The predicted octanol–water partition coefficient (Wildman–Crippen LogP) is 2.03. The van der Waals surface area contributed by atoms with Crippen LogP contribution in [0.5, 0.6) is 0 Å². The van der Waals surface area contributed by atoms with Gasteiger partial charge in [0.05, 0.1) is 0 Å². The third kappa shape index (κ3) is 1.18. The quantitative estimate of drug-likeness (QED) is 0.455. The molecular weight excluding hydrogens is 188 g/mol. The van der Waals surface area contributed by atoms with Gasteiger partial charge in [-0.25, -0.2) is 17.6 Å². The van der Waals surface area contributed by atoms with Crippen LogP contribution < -0.4 is 5.73 Å². The highest BCUT2D eigenvalue weighted by atomic mass is 19.2. The van der Waals surface area contributed by atoms with Crippen LogP contribution in [0.2, 0.25) is 0 Å². The van der Waals surface area contributed by atoms with Crippen molar-refractivity contribution in [2.24, 2.45) is 0 Å². The van der Waals surface area contributed by atoms with E-state index >= 15 is 0 Å². The van der Waals surface area contributed by atoms with E-state index in [1.807, 2.05) is 0 Å². The molecule has 1 N–H and O–H groups in total. The Hall–Kier alpha value is -1.77. The Labute approximate surface area is 70.2 Å². The normalized spacial score (nSPS) is 9.77. The number of nitrogens with one attached hydrogen (secondary N) is 1. The molecule has 1 radical (unpaired) electrons. The van der Waals surface area contributed by atoms with Crippen LogP contribution in [0.1, 0.15) is 5.56 Å². The zero-order valence-corrected chi connectivity index (χ0v) is 5.96. The number of nitrogens with zero attached hydrogens (tertiary/aromatic N) is 1. The maximum absolute atomic E-state index is 12.6. The lowest BCUT2D eigenvalue weighted by Crippen LogP contribution is -2.01. The number of hydrogen-bond donors (Lipinski definition) is 0. The van der Waals surface area contributed by atoms with Crippen molar-refractivity contribution in [2.75, 3.05) is 0 Å². The van der Waals surface area contributed by atoms with Crippen LogP contribution in [0.15, 0.2) is 0 Å². The first-order valence-corrected chi connectivity index (χ1v) is 2.98. The molecule has 0 aliphatic rings. The summed E-state index contributed by atoms with van der Waals surface area (Å²) in [6, 6.07) is 0.959. The van der Waals surface area contributed by atoms with E-state index in [-0.39, 0.29) is 0 Å². The standard InChI is InChI=1S/C7HF4N2/c8-3-2(1-12)4(9)6(11)7(13)5(3)10/h13H. The van der Waals surface area contributed by atoms with Gasteiger partial charge in [0.2, 0.25) is 0 Å². The van der Waals surface area contributed by atoms with Crippen molar-refractivity contribution >= 4 is 5.69 Å². The first-order chi connectivity index (χ1) is 6.00. The Bertz CT molecular complexity index is 379. The molecule has 0 heterocycles. The highest BCUT2D eigenvalue weighted by Gasteiger charge is 2.23. The van der Waals surface area contributed by atoms with E-state index in [1.165, 1.54) is 0 Å². The summed E-state index contributed by atoms with van der Waals surface area (Å²) in [7, 11) is 0. The molecule has 0 atom stereocenters. The largest absolute Gasteiger partial charge is 0.295 e. The molecule has 0 unspecified atom stereocenters. The molecule has 67 valence electrons. The van der Waals surface area contributed by atoms with Crippen LogP contribution in [0, 0.1) is 34.6 Å². The smallest absolute Gasteiger partial charge is 0.188 e. The van der Waals surface area contributed by atoms with Gasteiger partial charge >= 0.3 is 0 Å². The first-order valence-electron chi connectivity index (χ1n) is 2.98. The third-order valence-corrected chi connectivity index (χ3v) is 1.38. The molecule has 2 nitrogen and oxygen atoms in total. The van der Waals surface area contributed by atoms with Crippen LogP contribution in [-0.2, 0) is 0 Å². The van der Waals surface area contributed by atoms with E-state index in [2.05, 4.69) is 0 Å². The molecule has 1 aromatic rings. The highest BCUT2D eigenvalue weighted by molar-refractivity contribution is 5.46. The zero-order chi connectivity index (χ0) is 10.2. The van der Waals surface area contributed by atoms with Gasteiger partial charge in [-0.15, -0.1) is 0 Å². The molecule has 13 heavy (non-hydrogen) atoms. The van der Waals surface area contributed by atoms with Crippen LogP contribution in [0.25, 0.3) is 0 Å². The van der Waals surface area contributed by atoms with Crippen LogP contribution in [-0.4, -0.2) is 0 Å². The fraction of sp³-hybridized carbons (Fsp3) is 0. The monoisotopic (exact) mass is 189 g/mol. The number of halogens is 4. The molecule has 0 bridgehead atoms. The molecule has 0 fully saturated rings. The molecule has 0 spiro atoms. The van der Waals surface area contributed by atoms with Crippen molar-refractivity contribution in [1.29, 1.82) is 5.26 Å². The topological polar surface area (TPSA) is 47.6 Å². The average molecular weight is 189 g/mol. The second-order valence-corrected chi connectivity index (χ2v) is 2.12. The van der Waals surface area contributed by atoms with E-state index < -0.39 is 34.5 Å². The van der Waals surface area contributed by atoms with Gasteiger partial charge in [-0.05, 0) is 0 Å². The Kier molecular flexibility index (Phi) is 2.10. The molecule has 1 aromatic carbocycles. The summed E-state index contributed by atoms with van der Waals surface area (Å²) in [6.07, 6.45) is 0. The lowest BCUT2D eigenvalue weighted by atomic mass is 10.1. The zero-order valence-electron chi connectivity index (χ0n) is 5.96. The van der Waals surface area contributed by atoms with Gasteiger partial charge in [0.15, 0.2) is 23.3 Å². The Morgan fingerprint density at radius 3 is 1.62 bits per heavy atom.